The minimum atomic E-state index is 0.228. The highest BCUT2D eigenvalue weighted by molar-refractivity contribution is 7.62. The van der Waals surface area contributed by atoms with Gasteiger partial charge in [-0.3, -0.25) is 0 Å². The Morgan fingerprint density at radius 3 is 3.00 bits per heavy atom. The van der Waals surface area contributed by atoms with E-state index in [1.807, 2.05) is 0 Å². The van der Waals surface area contributed by atoms with Gasteiger partial charge in [-0.1, -0.05) is 32.2 Å². The second kappa shape index (κ2) is 2.69. The summed E-state index contributed by atoms with van der Waals surface area (Å²) in [6.07, 6.45) is 4.04. The molecule has 0 nitrogen and oxygen atoms in total. The van der Waals surface area contributed by atoms with Crippen LogP contribution >= 0.6 is 7.92 Å². The lowest BCUT2D eigenvalue weighted by Gasteiger charge is -2.06. The molecule has 13 heavy (non-hydrogen) atoms. The van der Waals surface area contributed by atoms with Gasteiger partial charge in [0, 0.05) is 0 Å². The maximum Gasteiger partial charge on any atom is -0.00124 e. The minimum Gasteiger partial charge on any atom is -0.0819 e. The van der Waals surface area contributed by atoms with Crippen molar-refractivity contribution in [2.45, 2.75) is 12.8 Å². The first kappa shape index (κ1) is 7.76. The fourth-order valence-electron chi connectivity index (χ4n) is 2.47. The second-order valence-corrected chi connectivity index (χ2v) is 6.31. The molecule has 0 bridgehead atoms. The number of benzene rings is 1. The van der Waals surface area contributed by atoms with E-state index < -0.39 is 0 Å². The summed E-state index contributed by atoms with van der Waals surface area (Å²) in [5, 5.41) is 1.79. The lowest BCUT2D eigenvalue weighted by Crippen LogP contribution is -1.86. The van der Waals surface area contributed by atoms with Crippen LogP contribution in [0.4, 0.5) is 0 Å². The number of hydrogen-bond donors (Lipinski definition) is 0. The summed E-state index contributed by atoms with van der Waals surface area (Å²) in [5.41, 5.74) is 4.83. The van der Waals surface area contributed by atoms with Gasteiger partial charge in [0.15, 0.2) is 0 Å². The van der Waals surface area contributed by atoms with Crippen LogP contribution in [0.15, 0.2) is 29.6 Å². The normalized spacial score (nSPS) is 24.8. The Labute approximate surface area is 80.4 Å². The largest absolute Gasteiger partial charge is 0.0819 e. The van der Waals surface area contributed by atoms with Crippen LogP contribution in [0.2, 0.25) is 0 Å². The molecule has 0 N–H and O–H groups in total. The maximum absolute atomic E-state index is 2.43. The average molecular weight is 188 g/mol. The molecule has 1 heteroatoms. The zero-order chi connectivity index (χ0) is 8.84. The zero-order valence-electron chi connectivity index (χ0n) is 7.88. The van der Waals surface area contributed by atoms with Crippen molar-refractivity contribution in [3.8, 4) is 0 Å². The number of allylic oxidation sites excluding steroid dienone is 2. The van der Waals surface area contributed by atoms with Gasteiger partial charge in [0.1, 0.15) is 0 Å². The van der Waals surface area contributed by atoms with E-state index in [0.717, 1.165) is 0 Å². The highest BCUT2D eigenvalue weighted by Gasteiger charge is 2.28. The lowest BCUT2D eigenvalue weighted by molar-refractivity contribution is 1.25. The van der Waals surface area contributed by atoms with E-state index in [9.17, 15) is 0 Å². The second-order valence-electron chi connectivity index (χ2n) is 3.93. The molecule has 0 saturated heterocycles. The molecule has 1 unspecified atom stereocenters. The van der Waals surface area contributed by atoms with Gasteiger partial charge in [0.25, 0.3) is 0 Å². The maximum atomic E-state index is 2.43. The fraction of sp³-hybridized carbons (Fsp3) is 0.333. The summed E-state index contributed by atoms with van der Waals surface area (Å²) in [4.78, 5) is 0. The SMILES string of the molecule is CP1CCC2=C1Cc1ccccc12. The predicted molar refractivity (Wildman–Crippen MR) is 59.4 cm³/mol. The summed E-state index contributed by atoms with van der Waals surface area (Å²) in [5.74, 6) is 0. The van der Waals surface area contributed by atoms with Crippen LogP contribution in [-0.4, -0.2) is 12.8 Å². The molecule has 1 atom stereocenters. The Morgan fingerprint density at radius 2 is 2.08 bits per heavy atom. The van der Waals surface area contributed by atoms with E-state index in [1.54, 1.807) is 22.0 Å². The van der Waals surface area contributed by atoms with Crippen LogP contribution in [0, 0.1) is 0 Å². The fourth-order valence-corrected chi connectivity index (χ4v) is 4.43. The van der Waals surface area contributed by atoms with Crippen LogP contribution in [0.3, 0.4) is 0 Å². The zero-order valence-corrected chi connectivity index (χ0v) is 8.77. The van der Waals surface area contributed by atoms with Crippen molar-refractivity contribution >= 4 is 13.5 Å². The Morgan fingerprint density at radius 1 is 1.23 bits per heavy atom. The highest BCUT2D eigenvalue weighted by Crippen LogP contribution is 2.57. The molecule has 1 aromatic carbocycles. The summed E-state index contributed by atoms with van der Waals surface area (Å²) in [6.45, 7) is 2.43. The third-order valence-corrected chi connectivity index (χ3v) is 5.45. The predicted octanol–water partition coefficient (Wildman–Crippen LogP) is 3.47. The van der Waals surface area contributed by atoms with Crippen LogP contribution in [0.5, 0.6) is 0 Å². The monoisotopic (exact) mass is 188 g/mol. The van der Waals surface area contributed by atoms with Gasteiger partial charge in [-0.05, 0) is 47.7 Å². The van der Waals surface area contributed by atoms with Crippen molar-refractivity contribution in [3.05, 3.63) is 40.7 Å². The number of hydrogen-bond acceptors (Lipinski definition) is 0. The highest BCUT2D eigenvalue weighted by atomic mass is 31.1. The third-order valence-electron chi connectivity index (χ3n) is 3.21. The van der Waals surface area contributed by atoms with Gasteiger partial charge in [-0.2, -0.15) is 0 Å². The number of rotatable bonds is 0. The Balaban J connectivity index is 2.15. The Kier molecular flexibility index (Phi) is 1.60. The van der Waals surface area contributed by atoms with Gasteiger partial charge in [-0.25, -0.2) is 0 Å². The summed E-state index contributed by atoms with van der Waals surface area (Å²) in [7, 11) is 0.228. The van der Waals surface area contributed by atoms with Gasteiger partial charge in [0.2, 0.25) is 0 Å². The standard InChI is InChI=1S/C12H13P/c1-13-7-6-11-10-5-3-2-4-9(10)8-12(11)13/h2-5H,6-8H2,1H3. The number of fused-ring (bicyclic) bond motifs is 2. The van der Waals surface area contributed by atoms with Crippen LogP contribution in [0.25, 0.3) is 5.57 Å². The molecule has 0 saturated carbocycles. The molecule has 3 rings (SSSR count). The molecule has 1 aliphatic carbocycles. The molecule has 1 aromatic rings. The quantitative estimate of drug-likeness (QED) is 0.547. The van der Waals surface area contributed by atoms with Gasteiger partial charge in [0.05, 0.1) is 0 Å². The summed E-state index contributed by atoms with van der Waals surface area (Å²) < 4.78 is 0. The van der Waals surface area contributed by atoms with Crippen LogP contribution in [-0.2, 0) is 6.42 Å². The van der Waals surface area contributed by atoms with Crippen molar-refractivity contribution in [2.24, 2.45) is 0 Å². The van der Waals surface area contributed by atoms with E-state index in [4.69, 9.17) is 0 Å². The van der Waals surface area contributed by atoms with Crippen molar-refractivity contribution in [1.29, 1.82) is 0 Å². The average Bonchev–Trinajstić information content (AvgIpc) is 2.67. The molecule has 66 valence electrons. The minimum absolute atomic E-state index is 0.228. The summed E-state index contributed by atoms with van der Waals surface area (Å²) in [6, 6.07) is 8.92. The molecule has 1 aliphatic heterocycles. The Bertz CT molecular complexity index is 390. The Hall–Kier alpha value is -0.610. The van der Waals surface area contributed by atoms with Crippen molar-refractivity contribution in [1.82, 2.24) is 0 Å². The molecular weight excluding hydrogens is 175 g/mol. The first-order valence-electron chi connectivity index (χ1n) is 4.88. The molecule has 0 aromatic heterocycles. The summed E-state index contributed by atoms with van der Waals surface area (Å²) >= 11 is 0. The first-order chi connectivity index (χ1) is 6.36. The van der Waals surface area contributed by atoms with Crippen molar-refractivity contribution in [3.63, 3.8) is 0 Å². The molecular formula is C12H13P. The smallest absolute Gasteiger partial charge is 0.00124 e. The molecule has 0 spiro atoms. The molecule has 0 amide bonds. The van der Waals surface area contributed by atoms with Crippen molar-refractivity contribution < 1.29 is 0 Å². The van der Waals surface area contributed by atoms with Crippen LogP contribution < -0.4 is 0 Å². The van der Waals surface area contributed by atoms with Gasteiger partial charge >= 0.3 is 0 Å². The van der Waals surface area contributed by atoms with Gasteiger partial charge < -0.3 is 0 Å². The molecule has 1 heterocycles. The third kappa shape index (κ3) is 1.02. The van der Waals surface area contributed by atoms with Gasteiger partial charge in [-0.15, -0.1) is 0 Å². The molecule has 0 radical (unpaired) electrons. The van der Waals surface area contributed by atoms with Crippen LogP contribution in [0.1, 0.15) is 17.5 Å². The lowest BCUT2D eigenvalue weighted by atomic mass is 10.0. The van der Waals surface area contributed by atoms with Crippen molar-refractivity contribution in [2.75, 3.05) is 12.8 Å². The van der Waals surface area contributed by atoms with E-state index in [1.165, 1.54) is 19.0 Å². The molecule has 2 aliphatic rings. The first-order valence-corrected chi connectivity index (χ1v) is 6.85. The van der Waals surface area contributed by atoms with E-state index in [-0.39, 0.29) is 7.92 Å². The van der Waals surface area contributed by atoms with E-state index >= 15 is 0 Å². The molecule has 0 fully saturated rings. The van der Waals surface area contributed by atoms with E-state index in [0.29, 0.717) is 0 Å². The topological polar surface area (TPSA) is 0 Å². The van der Waals surface area contributed by atoms with E-state index in [2.05, 4.69) is 30.9 Å².